The Morgan fingerprint density at radius 1 is 0.977 bits per heavy atom. The van der Waals surface area contributed by atoms with Crippen molar-refractivity contribution >= 4 is 23.4 Å². The van der Waals surface area contributed by atoms with Gasteiger partial charge in [0.15, 0.2) is 0 Å². The molecule has 2 aromatic carbocycles. The lowest BCUT2D eigenvalue weighted by Gasteiger charge is -2.27. The summed E-state index contributed by atoms with van der Waals surface area (Å²) in [7, 11) is 0. The van der Waals surface area contributed by atoms with Gasteiger partial charge in [-0.1, -0.05) is 57.2 Å². The van der Waals surface area contributed by atoms with Gasteiger partial charge in [0.05, 0.1) is 0 Å². The number of carbonyl (C=O) groups is 3. The van der Waals surface area contributed by atoms with Gasteiger partial charge in [0, 0.05) is 36.3 Å². The predicted octanol–water partition coefficient (Wildman–Crippen LogP) is 5.20. The lowest BCUT2D eigenvalue weighted by Crippen LogP contribution is -2.50. The van der Waals surface area contributed by atoms with E-state index in [4.69, 9.17) is 5.73 Å². The summed E-state index contributed by atoms with van der Waals surface area (Å²) >= 11 is 0. The van der Waals surface area contributed by atoms with Crippen molar-refractivity contribution in [3.05, 3.63) is 95.6 Å². The first-order valence-electron chi connectivity index (χ1n) is 15.1. The van der Waals surface area contributed by atoms with E-state index in [9.17, 15) is 18.8 Å². The van der Waals surface area contributed by atoms with E-state index in [1.165, 1.54) is 24.3 Å². The molecule has 4 atom stereocenters. The van der Waals surface area contributed by atoms with E-state index in [1.807, 2.05) is 35.2 Å². The van der Waals surface area contributed by atoms with Crippen molar-refractivity contribution in [3.8, 4) is 0 Å². The highest BCUT2D eigenvalue weighted by Crippen LogP contribution is 2.25. The molecule has 4 N–H and O–H groups in total. The Kier molecular flexibility index (Phi) is 11.0. The molecule has 43 heavy (non-hydrogen) atoms. The predicted molar refractivity (Wildman–Crippen MR) is 166 cm³/mol. The SMILES string of the molecule is CC(C)C[C@H]1CCCN1C(=O)c1cccc(C(=O)N[C@@H](Cc2ccccc2)[C@@H](N)C[C@@H](C)C(=O)Nc2ccc(F)cc2)n1. The Morgan fingerprint density at radius 3 is 2.37 bits per heavy atom. The highest BCUT2D eigenvalue weighted by atomic mass is 19.1. The summed E-state index contributed by atoms with van der Waals surface area (Å²) in [5.41, 5.74) is 8.49. The van der Waals surface area contributed by atoms with Crippen LogP contribution in [0.1, 0.15) is 73.0 Å². The first kappa shape index (κ1) is 31.8. The molecular weight excluding hydrogens is 545 g/mol. The van der Waals surface area contributed by atoms with Crippen LogP contribution < -0.4 is 16.4 Å². The van der Waals surface area contributed by atoms with E-state index < -0.39 is 23.9 Å². The molecule has 1 aliphatic heterocycles. The molecule has 0 saturated carbocycles. The summed E-state index contributed by atoms with van der Waals surface area (Å²) in [6.45, 7) is 6.76. The first-order valence-corrected chi connectivity index (χ1v) is 15.1. The molecule has 0 aliphatic carbocycles. The zero-order chi connectivity index (χ0) is 30.9. The Morgan fingerprint density at radius 2 is 1.67 bits per heavy atom. The molecule has 0 bridgehead atoms. The van der Waals surface area contributed by atoms with Gasteiger partial charge in [0.2, 0.25) is 5.91 Å². The van der Waals surface area contributed by atoms with Gasteiger partial charge in [-0.15, -0.1) is 0 Å². The molecule has 1 aliphatic rings. The number of hydrogen-bond donors (Lipinski definition) is 3. The lowest BCUT2D eigenvalue weighted by atomic mass is 9.92. The smallest absolute Gasteiger partial charge is 0.272 e. The van der Waals surface area contributed by atoms with Crippen molar-refractivity contribution in [1.29, 1.82) is 0 Å². The van der Waals surface area contributed by atoms with Gasteiger partial charge in [-0.25, -0.2) is 9.37 Å². The molecule has 0 spiro atoms. The molecule has 0 radical (unpaired) electrons. The molecule has 1 aromatic heterocycles. The third-order valence-electron chi connectivity index (χ3n) is 7.90. The van der Waals surface area contributed by atoms with Gasteiger partial charge in [-0.3, -0.25) is 14.4 Å². The summed E-state index contributed by atoms with van der Waals surface area (Å²) < 4.78 is 13.3. The largest absolute Gasteiger partial charge is 0.346 e. The quantitative estimate of drug-likeness (QED) is 0.269. The van der Waals surface area contributed by atoms with E-state index in [-0.39, 0.29) is 35.1 Å². The summed E-state index contributed by atoms with van der Waals surface area (Å²) in [4.78, 5) is 46.1. The minimum absolute atomic E-state index is 0.137. The van der Waals surface area contributed by atoms with Crippen molar-refractivity contribution < 1.29 is 18.8 Å². The van der Waals surface area contributed by atoms with Crippen LogP contribution in [-0.2, 0) is 11.2 Å². The van der Waals surface area contributed by atoms with Crippen molar-refractivity contribution in [2.75, 3.05) is 11.9 Å². The minimum Gasteiger partial charge on any atom is -0.346 e. The average molecular weight is 588 g/mol. The van der Waals surface area contributed by atoms with Crippen molar-refractivity contribution in [1.82, 2.24) is 15.2 Å². The molecule has 3 amide bonds. The number of hydrogen-bond acceptors (Lipinski definition) is 5. The van der Waals surface area contributed by atoms with E-state index in [2.05, 4.69) is 29.5 Å². The van der Waals surface area contributed by atoms with Crippen LogP contribution in [0.4, 0.5) is 10.1 Å². The van der Waals surface area contributed by atoms with Crippen LogP contribution in [0.3, 0.4) is 0 Å². The normalized spacial score (nSPS) is 16.9. The third-order valence-corrected chi connectivity index (χ3v) is 7.90. The van der Waals surface area contributed by atoms with E-state index in [0.29, 0.717) is 31.0 Å². The van der Waals surface area contributed by atoms with Gasteiger partial charge in [-0.05, 0) is 80.0 Å². The molecule has 1 saturated heterocycles. The second-order valence-electron chi connectivity index (χ2n) is 11.9. The fraction of sp³-hybridized carbons (Fsp3) is 0.412. The van der Waals surface area contributed by atoms with Gasteiger partial charge in [0.25, 0.3) is 11.8 Å². The van der Waals surface area contributed by atoms with Crippen LogP contribution in [0.2, 0.25) is 0 Å². The molecular formula is C34H42FN5O3. The molecule has 0 unspecified atom stereocenters. The monoisotopic (exact) mass is 587 g/mol. The molecule has 8 nitrogen and oxygen atoms in total. The maximum absolute atomic E-state index is 13.5. The Hall–Kier alpha value is -4.11. The van der Waals surface area contributed by atoms with E-state index >= 15 is 0 Å². The summed E-state index contributed by atoms with van der Waals surface area (Å²) in [6, 6.07) is 19.2. The van der Waals surface area contributed by atoms with Crippen LogP contribution in [-0.4, -0.2) is 52.3 Å². The van der Waals surface area contributed by atoms with Crippen LogP contribution in [0, 0.1) is 17.7 Å². The number of nitrogens with zero attached hydrogens (tertiary/aromatic N) is 2. The highest BCUT2D eigenvalue weighted by Gasteiger charge is 2.31. The number of likely N-dealkylation sites (tertiary alicyclic amines) is 1. The molecule has 1 fully saturated rings. The maximum atomic E-state index is 13.5. The summed E-state index contributed by atoms with van der Waals surface area (Å²) in [6.07, 6.45) is 3.61. The standard InChI is InChI=1S/C34H42FN5O3/c1-22(2)19-27-11-8-18-40(27)34(43)30-13-7-12-29(38-30)33(42)39-31(21-24-9-5-4-6-10-24)28(36)20-23(3)32(41)37-26-16-14-25(35)15-17-26/h4-7,9-10,12-17,22-23,27-28,31H,8,11,18-21,36H2,1-3H3,(H,37,41)(H,39,42)/t23-,27-,28+,31+/m1/s1. The van der Waals surface area contributed by atoms with Crippen molar-refractivity contribution in [2.45, 2.75) is 71.0 Å². The number of rotatable bonds is 12. The lowest BCUT2D eigenvalue weighted by molar-refractivity contribution is -0.119. The number of nitrogens with one attached hydrogen (secondary N) is 2. The van der Waals surface area contributed by atoms with Crippen LogP contribution in [0.25, 0.3) is 0 Å². The summed E-state index contributed by atoms with van der Waals surface area (Å²) in [5.74, 6) is -1.23. The minimum atomic E-state index is -0.565. The number of carbonyl (C=O) groups excluding carboxylic acids is 3. The zero-order valence-electron chi connectivity index (χ0n) is 25.1. The first-order chi connectivity index (χ1) is 20.6. The van der Waals surface area contributed by atoms with Gasteiger partial charge in [0.1, 0.15) is 17.2 Å². The number of halogens is 1. The van der Waals surface area contributed by atoms with E-state index in [1.54, 1.807) is 25.1 Å². The van der Waals surface area contributed by atoms with Crippen molar-refractivity contribution in [2.24, 2.45) is 17.6 Å². The number of pyridine rings is 1. The second kappa shape index (κ2) is 14.9. The van der Waals surface area contributed by atoms with E-state index in [0.717, 1.165) is 24.8 Å². The fourth-order valence-electron chi connectivity index (χ4n) is 5.62. The van der Waals surface area contributed by atoms with Crippen molar-refractivity contribution in [3.63, 3.8) is 0 Å². The molecule has 9 heteroatoms. The highest BCUT2D eigenvalue weighted by molar-refractivity contribution is 5.96. The third kappa shape index (κ3) is 8.94. The number of nitrogens with two attached hydrogens (primary N) is 1. The topological polar surface area (TPSA) is 117 Å². The molecule has 3 aromatic rings. The Labute approximate surface area is 253 Å². The summed E-state index contributed by atoms with van der Waals surface area (Å²) in [5, 5.41) is 5.82. The zero-order valence-corrected chi connectivity index (χ0v) is 25.1. The fourth-order valence-corrected chi connectivity index (χ4v) is 5.62. The molecule has 4 rings (SSSR count). The number of benzene rings is 2. The van der Waals surface area contributed by atoms with Crippen LogP contribution >= 0.6 is 0 Å². The number of anilines is 1. The van der Waals surface area contributed by atoms with Gasteiger partial charge < -0.3 is 21.3 Å². The Balaban J connectivity index is 1.46. The van der Waals surface area contributed by atoms with Crippen LogP contribution in [0.5, 0.6) is 0 Å². The van der Waals surface area contributed by atoms with Crippen LogP contribution in [0.15, 0.2) is 72.8 Å². The van der Waals surface area contributed by atoms with Gasteiger partial charge >= 0.3 is 0 Å². The second-order valence-corrected chi connectivity index (χ2v) is 11.9. The molecule has 2 heterocycles. The average Bonchev–Trinajstić information content (AvgIpc) is 3.45. The van der Waals surface area contributed by atoms with Gasteiger partial charge in [-0.2, -0.15) is 0 Å². The Bertz CT molecular complexity index is 1380. The maximum Gasteiger partial charge on any atom is 0.272 e. The molecule has 228 valence electrons. The number of aromatic nitrogens is 1. The number of amides is 3.